The molecule has 1 N–H and O–H groups in total. The van der Waals surface area contributed by atoms with Crippen LogP contribution in [0.1, 0.15) is 48.9 Å². The molecule has 0 aliphatic heterocycles. The molecule has 0 aromatic heterocycles. The van der Waals surface area contributed by atoms with Gasteiger partial charge in [0.2, 0.25) is 0 Å². The summed E-state index contributed by atoms with van der Waals surface area (Å²) in [5, 5.41) is 8.48. The van der Waals surface area contributed by atoms with Crippen LogP contribution in [-0.4, -0.2) is 16.9 Å². The summed E-state index contributed by atoms with van der Waals surface area (Å²) in [6, 6.07) is 7.41. The Hall–Kier alpha value is -1.16. The lowest BCUT2D eigenvalue weighted by atomic mass is 10.0. The van der Waals surface area contributed by atoms with E-state index in [2.05, 4.69) is 15.9 Å². The summed E-state index contributed by atoms with van der Waals surface area (Å²) in [5.41, 5.74) is 0.725. The number of benzene rings is 1. The first-order valence-corrected chi connectivity index (χ1v) is 6.90. The van der Waals surface area contributed by atoms with Crippen LogP contribution in [-0.2, 0) is 4.79 Å². The SMILES string of the molecule is O=C(O)CCCCCCC(=O)c1ccccc1Br. The molecular formula is C14H17BrO3. The van der Waals surface area contributed by atoms with Gasteiger partial charge in [0, 0.05) is 22.9 Å². The Balaban J connectivity index is 2.22. The van der Waals surface area contributed by atoms with Crippen molar-refractivity contribution in [3.63, 3.8) is 0 Å². The molecule has 0 aliphatic carbocycles. The first-order valence-electron chi connectivity index (χ1n) is 6.11. The lowest BCUT2D eigenvalue weighted by Gasteiger charge is -2.03. The van der Waals surface area contributed by atoms with Crippen molar-refractivity contribution in [1.82, 2.24) is 0 Å². The Morgan fingerprint density at radius 3 is 2.22 bits per heavy atom. The quantitative estimate of drug-likeness (QED) is 0.582. The number of rotatable bonds is 8. The topological polar surface area (TPSA) is 54.4 Å². The molecule has 0 radical (unpaired) electrons. The van der Waals surface area contributed by atoms with Crippen LogP contribution in [0.15, 0.2) is 28.7 Å². The predicted octanol–water partition coefficient (Wildman–Crippen LogP) is 4.06. The van der Waals surface area contributed by atoms with Crippen molar-refractivity contribution in [3.05, 3.63) is 34.3 Å². The number of carbonyl (C=O) groups excluding carboxylic acids is 1. The highest BCUT2D eigenvalue weighted by molar-refractivity contribution is 9.10. The summed E-state index contributed by atoms with van der Waals surface area (Å²) in [7, 11) is 0. The molecule has 4 heteroatoms. The summed E-state index contributed by atoms with van der Waals surface area (Å²) < 4.78 is 0.834. The monoisotopic (exact) mass is 312 g/mol. The first-order chi connectivity index (χ1) is 8.61. The smallest absolute Gasteiger partial charge is 0.303 e. The summed E-state index contributed by atoms with van der Waals surface area (Å²) in [6.07, 6.45) is 4.03. The van der Waals surface area contributed by atoms with Crippen molar-refractivity contribution in [3.8, 4) is 0 Å². The van der Waals surface area contributed by atoms with Gasteiger partial charge in [-0.1, -0.05) is 47.0 Å². The number of ketones is 1. The van der Waals surface area contributed by atoms with Crippen molar-refractivity contribution < 1.29 is 14.7 Å². The number of unbranched alkanes of at least 4 members (excludes halogenated alkanes) is 3. The molecule has 0 aliphatic rings. The number of Topliss-reactive ketones (excluding diaryl/α,β-unsaturated/α-hetero) is 1. The van der Waals surface area contributed by atoms with Crippen molar-refractivity contribution in [2.45, 2.75) is 38.5 Å². The van der Waals surface area contributed by atoms with Crippen LogP contribution in [0.5, 0.6) is 0 Å². The molecule has 0 saturated carbocycles. The van der Waals surface area contributed by atoms with Crippen LogP contribution < -0.4 is 0 Å². The van der Waals surface area contributed by atoms with E-state index in [0.717, 1.165) is 29.3 Å². The Morgan fingerprint density at radius 1 is 1.00 bits per heavy atom. The Labute approximate surface area is 115 Å². The average Bonchev–Trinajstić information content (AvgIpc) is 2.33. The van der Waals surface area contributed by atoms with E-state index in [0.29, 0.717) is 12.8 Å². The number of aliphatic carboxylic acids is 1. The Bertz CT molecular complexity index is 415. The molecule has 0 atom stereocenters. The molecular weight excluding hydrogens is 296 g/mol. The van der Waals surface area contributed by atoms with E-state index in [-0.39, 0.29) is 12.2 Å². The van der Waals surface area contributed by atoms with Gasteiger partial charge in [0.15, 0.2) is 5.78 Å². The highest BCUT2D eigenvalue weighted by atomic mass is 79.9. The van der Waals surface area contributed by atoms with E-state index in [1.54, 1.807) is 0 Å². The van der Waals surface area contributed by atoms with Crippen molar-refractivity contribution in [2.24, 2.45) is 0 Å². The molecule has 0 amide bonds. The van der Waals surface area contributed by atoms with Crippen LogP contribution in [0.3, 0.4) is 0 Å². The minimum Gasteiger partial charge on any atom is -0.481 e. The van der Waals surface area contributed by atoms with Crippen LogP contribution in [0.2, 0.25) is 0 Å². The molecule has 1 aromatic rings. The molecule has 1 aromatic carbocycles. The number of carboxylic acids is 1. The molecule has 18 heavy (non-hydrogen) atoms. The third-order valence-corrected chi connectivity index (χ3v) is 3.41. The fourth-order valence-corrected chi connectivity index (χ4v) is 2.24. The zero-order valence-electron chi connectivity index (χ0n) is 10.2. The predicted molar refractivity (Wildman–Crippen MR) is 73.8 cm³/mol. The van der Waals surface area contributed by atoms with Gasteiger partial charge in [-0.05, 0) is 18.9 Å². The minimum absolute atomic E-state index is 0.140. The second-order valence-corrected chi connectivity index (χ2v) is 5.07. The van der Waals surface area contributed by atoms with Gasteiger partial charge < -0.3 is 5.11 Å². The van der Waals surface area contributed by atoms with Gasteiger partial charge >= 0.3 is 5.97 Å². The van der Waals surface area contributed by atoms with E-state index in [1.807, 2.05) is 24.3 Å². The number of hydrogen-bond donors (Lipinski definition) is 1. The first kappa shape index (κ1) is 14.9. The van der Waals surface area contributed by atoms with Crippen LogP contribution in [0.4, 0.5) is 0 Å². The molecule has 1 rings (SSSR count). The molecule has 0 fully saturated rings. The zero-order valence-corrected chi connectivity index (χ0v) is 11.8. The largest absolute Gasteiger partial charge is 0.481 e. The third-order valence-electron chi connectivity index (χ3n) is 2.72. The summed E-state index contributed by atoms with van der Waals surface area (Å²) in [6.45, 7) is 0. The highest BCUT2D eigenvalue weighted by Gasteiger charge is 2.08. The van der Waals surface area contributed by atoms with E-state index >= 15 is 0 Å². The van der Waals surface area contributed by atoms with Crippen LogP contribution in [0.25, 0.3) is 0 Å². The summed E-state index contributed by atoms with van der Waals surface area (Å²) in [4.78, 5) is 22.2. The molecule has 0 unspecified atom stereocenters. The average molecular weight is 313 g/mol. The molecule has 3 nitrogen and oxygen atoms in total. The van der Waals surface area contributed by atoms with Crippen molar-refractivity contribution >= 4 is 27.7 Å². The van der Waals surface area contributed by atoms with Gasteiger partial charge in [-0.3, -0.25) is 9.59 Å². The summed E-state index contributed by atoms with van der Waals surface area (Å²) in [5.74, 6) is -0.611. The minimum atomic E-state index is -0.751. The van der Waals surface area contributed by atoms with E-state index in [4.69, 9.17) is 5.11 Å². The molecule has 0 spiro atoms. The molecule has 0 bridgehead atoms. The lowest BCUT2D eigenvalue weighted by molar-refractivity contribution is -0.137. The van der Waals surface area contributed by atoms with Crippen LogP contribution >= 0.6 is 15.9 Å². The fraction of sp³-hybridized carbons (Fsp3) is 0.429. The van der Waals surface area contributed by atoms with Gasteiger partial charge in [-0.25, -0.2) is 0 Å². The van der Waals surface area contributed by atoms with E-state index < -0.39 is 5.97 Å². The van der Waals surface area contributed by atoms with Gasteiger partial charge in [0.25, 0.3) is 0 Å². The number of halogens is 1. The molecule has 98 valence electrons. The standard InChI is InChI=1S/C14H17BrO3/c15-12-8-6-5-7-11(12)13(16)9-3-1-2-4-10-14(17)18/h5-8H,1-4,9-10H2,(H,17,18). The Kier molecular flexibility index (Phi) is 6.65. The zero-order chi connectivity index (χ0) is 13.4. The number of carboxylic acid groups (broad SMARTS) is 1. The van der Waals surface area contributed by atoms with Crippen LogP contribution in [0, 0.1) is 0 Å². The van der Waals surface area contributed by atoms with Gasteiger partial charge in [-0.15, -0.1) is 0 Å². The van der Waals surface area contributed by atoms with Crippen molar-refractivity contribution in [2.75, 3.05) is 0 Å². The number of hydrogen-bond acceptors (Lipinski definition) is 2. The number of carbonyl (C=O) groups is 2. The van der Waals surface area contributed by atoms with Gasteiger partial charge in [-0.2, -0.15) is 0 Å². The maximum absolute atomic E-state index is 11.9. The Morgan fingerprint density at radius 2 is 1.61 bits per heavy atom. The fourth-order valence-electron chi connectivity index (χ4n) is 1.74. The second kappa shape index (κ2) is 8.03. The van der Waals surface area contributed by atoms with Gasteiger partial charge in [0.1, 0.15) is 0 Å². The highest BCUT2D eigenvalue weighted by Crippen LogP contribution is 2.18. The second-order valence-electron chi connectivity index (χ2n) is 4.21. The lowest BCUT2D eigenvalue weighted by Crippen LogP contribution is -2.00. The molecule has 0 saturated heterocycles. The van der Waals surface area contributed by atoms with Crippen molar-refractivity contribution in [1.29, 1.82) is 0 Å². The van der Waals surface area contributed by atoms with Gasteiger partial charge in [0.05, 0.1) is 0 Å². The maximum Gasteiger partial charge on any atom is 0.303 e. The molecule has 0 heterocycles. The third kappa shape index (κ3) is 5.45. The maximum atomic E-state index is 11.9. The van der Waals surface area contributed by atoms with E-state index in [1.165, 1.54) is 0 Å². The normalized spacial score (nSPS) is 10.3. The summed E-state index contributed by atoms with van der Waals surface area (Å²) >= 11 is 3.36. The van der Waals surface area contributed by atoms with E-state index in [9.17, 15) is 9.59 Å².